The Morgan fingerprint density at radius 1 is 1.05 bits per heavy atom. The highest BCUT2D eigenvalue weighted by Gasteiger charge is 2.06. The van der Waals surface area contributed by atoms with E-state index in [0.29, 0.717) is 5.75 Å². The number of rotatable bonds is 4. The topological polar surface area (TPSA) is 26.3 Å². The van der Waals surface area contributed by atoms with Crippen LogP contribution in [0.2, 0.25) is 0 Å². The van der Waals surface area contributed by atoms with E-state index in [1.54, 1.807) is 37.5 Å². The molecule has 0 fully saturated rings. The summed E-state index contributed by atoms with van der Waals surface area (Å²) in [5, 5.41) is 0. The average Bonchev–Trinajstić information content (AvgIpc) is 2.48. The third-order valence-corrected chi connectivity index (χ3v) is 2.75. The lowest BCUT2D eigenvalue weighted by molar-refractivity contribution is 0.104. The number of hydrogen-bond acceptors (Lipinski definition) is 2. The third-order valence-electron chi connectivity index (χ3n) is 2.75. The Morgan fingerprint density at radius 2 is 1.75 bits per heavy atom. The first-order valence-corrected chi connectivity index (χ1v) is 5.91. The van der Waals surface area contributed by atoms with Crippen molar-refractivity contribution in [1.82, 2.24) is 0 Å². The van der Waals surface area contributed by atoms with Crippen LogP contribution in [0.25, 0.3) is 6.08 Å². The summed E-state index contributed by atoms with van der Waals surface area (Å²) < 4.78 is 30.8. The van der Waals surface area contributed by atoms with E-state index in [1.165, 1.54) is 12.1 Å². The summed E-state index contributed by atoms with van der Waals surface area (Å²) >= 11 is 0. The minimum absolute atomic E-state index is 0.105. The fraction of sp³-hybridized carbons (Fsp3) is 0.0625. The van der Waals surface area contributed by atoms with Crippen molar-refractivity contribution >= 4 is 11.9 Å². The molecule has 0 bridgehead atoms. The molecule has 0 saturated carbocycles. The standard InChI is InChI=1S/C16H12F2O2/c1-20-13-6-2-11(3-7-13)4-9-16(19)12-5-8-14(17)15(18)10-12/h2-10H,1H3/b9-4-. The Hall–Kier alpha value is -2.49. The molecule has 0 aromatic heterocycles. The van der Waals surface area contributed by atoms with Crippen molar-refractivity contribution in [2.45, 2.75) is 0 Å². The number of carbonyl (C=O) groups is 1. The zero-order chi connectivity index (χ0) is 14.5. The van der Waals surface area contributed by atoms with Crippen molar-refractivity contribution in [3.05, 3.63) is 71.3 Å². The number of carbonyl (C=O) groups excluding carboxylic acids is 1. The van der Waals surface area contributed by atoms with Crippen molar-refractivity contribution in [3.8, 4) is 5.75 Å². The van der Waals surface area contributed by atoms with Crippen molar-refractivity contribution in [1.29, 1.82) is 0 Å². The van der Waals surface area contributed by atoms with Crippen LogP contribution in [0.1, 0.15) is 15.9 Å². The predicted octanol–water partition coefficient (Wildman–Crippen LogP) is 3.87. The zero-order valence-electron chi connectivity index (χ0n) is 10.8. The second-order valence-corrected chi connectivity index (χ2v) is 4.10. The van der Waals surface area contributed by atoms with E-state index in [2.05, 4.69) is 0 Å². The van der Waals surface area contributed by atoms with Gasteiger partial charge in [-0.2, -0.15) is 0 Å². The van der Waals surface area contributed by atoms with Crippen LogP contribution >= 0.6 is 0 Å². The van der Waals surface area contributed by atoms with E-state index >= 15 is 0 Å². The molecule has 2 aromatic rings. The van der Waals surface area contributed by atoms with Gasteiger partial charge in [0.1, 0.15) is 5.75 Å². The monoisotopic (exact) mass is 274 g/mol. The molecule has 0 unspecified atom stereocenters. The van der Waals surface area contributed by atoms with E-state index in [0.717, 1.165) is 17.7 Å². The molecule has 4 heteroatoms. The van der Waals surface area contributed by atoms with Gasteiger partial charge in [-0.15, -0.1) is 0 Å². The summed E-state index contributed by atoms with van der Waals surface area (Å²) in [5.41, 5.74) is 0.912. The zero-order valence-corrected chi connectivity index (χ0v) is 10.8. The number of allylic oxidation sites excluding steroid dienone is 1. The highest BCUT2D eigenvalue weighted by Crippen LogP contribution is 2.14. The maximum absolute atomic E-state index is 13.0. The van der Waals surface area contributed by atoms with Crippen LogP contribution in [0, 0.1) is 11.6 Å². The van der Waals surface area contributed by atoms with Gasteiger partial charge in [-0.25, -0.2) is 8.78 Å². The number of hydrogen-bond donors (Lipinski definition) is 0. The molecule has 0 aliphatic carbocycles. The largest absolute Gasteiger partial charge is 0.497 e. The highest BCUT2D eigenvalue weighted by molar-refractivity contribution is 6.06. The molecule has 20 heavy (non-hydrogen) atoms. The Morgan fingerprint density at radius 3 is 2.35 bits per heavy atom. The summed E-state index contributed by atoms with van der Waals surface area (Å²) in [6, 6.07) is 10.2. The van der Waals surface area contributed by atoms with Crippen LogP contribution < -0.4 is 4.74 Å². The number of ether oxygens (including phenoxy) is 1. The van der Waals surface area contributed by atoms with Crippen LogP contribution in [0.15, 0.2) is 48.5 Å². The van der Waals surface area contributed by atoms with Crippen molar-refractivity contribution in [3.63, 3.8) is 0 Å². The van der Waals surface area contributed by atoms with Crippen molar-refractivity contribution in [2.75, 3.05) is 7.11 Å². The lowest BCUT2D eigenvalue weighted by atomic mass is 10.1. The van der Waals surface area contributed by atoms with Crippen LogP contribution in [0.3, 0.4) is 0 Å². The lowest BCUT2D eigenvalue weighted by Gasteiger charge is -1.99. The summed E-state index contributed by atoms with van der Waals surface area (Å²) in [6.07, 6.45) is 2.91. The van der Waals surface area contributed by atoms with Crippen LogP contribution in [-0.4, -0.2) is 12.9 Å². The molecule has 0 radical (unpaired) electrons. The first-order chi connectivity index (χ1) is 9.60. The average molecular weight is 274 g/mol. The maximum Gasteiger partial charge on any atom is 0.185 e. The van der Waals surface area contributed by atoms with Gasteiger partial charge in [0, 0.05) is 5.56 Å². The Balaban J connectivity index is 2.13. The minimum Gasteiger partial charge on any atom is -0.497 e. The smallest absolute Gasteiger partial charge is 0.185 e. The quantitative estimate of drug-likeness (QED) is 0.625. The number of halogens is 2. The molecule has 0 spiro atoms. The van der Waals surface area contributed by atoms with E-state index in [9.17, 15) is 13.6 Å². The molecule has 2 aromatic carbocycles. The third kappa shape index (κ3) is 3.29. The van der Waals surface area contributed by atoms with Gasteiger partial charge in [0.05, 0.1) is 7.11 Å². The second-order valence-electron chi connectivity index (χ2n) is 4.10. The molecule has 0 saturated heterocycles. The fourth-order valence-corrected chi connectivity index (χ4v) is 1.63. The van der Waals surface area contributed by atoms with E-state index < -0.39 is 11.6 Å². The van der Waals surface area contributed by atoms with Gasteiger partial charge in [0.25, 0.3) is 0 Å². The van der Waals surface area contributed by atoms with Crippen molar-refractivity contribution < 1.29 is 18.3 Å². The number of benzene rings is 2. The summed E-state index contributed by atoms with van der Waals surface area (Å²) in [7, 11) is 1.57. The van der Waals surface area contributed by atoms with Crippen LogP contribution in [0.4, 0.5) is 8.78 Å². The van der Waals surface area contributed by atoms with Gasteiger partial charge in [0.2, 0.25) is 0 Å². The first-order valence-electron chi connectivity index (χ1n) is 5.91. The Bertz CT molecular complexity index is 646. The van der Waals surface area contributed by atoms with Gasteiger partial charge < -0.3 is 4.74 Å². The summed E-state index contributed by atoms with van der Waals surface area (Å²) in [6.45, 7) is 0. The molecular weight excluding hydrogens is 262 g/mol. The predicted molar refractivity (Wildman–Crippen MR) is 72.7 cm³/mol. The van der Waals surface area contributed by atoms with Crippen LogP contribution in [-0.2, 0) is 0 Å². The molecular formula is C16H12F2O2. The molecule has 0 aliphatic heterocycles. The molecule has 0 aliphatic rings. The van der Waals surface area contributed by atoms with Gasteiger partial charge in [-0.3, -0.25) is 4.79 Å². The highest BCUT2D eigenvalue weighted by atomic mass is 19.2. The molecule has 0 amide bonds. The van der Waals surface area contributed by atoms with Crippen molar-refractivity contribution in [2.24, 2.45) is 0 Å². The SMILES string of the molecule is COc1ccc(/C=C\C(=O)c2ccc(F)c(F)c2)cc1. The van der Waals surface area contributed by atoms with Gasteiger partial charge in [-0.1, -0.05) is 18.2 Å². The Kier molecular flexibility index (Phi) is 4.25. The molecule has 2 rings (SSSR count). The normalized spacial score (nSPS) is 10.8. The number of methoxy groups -OCH3 is 1. The van der Waals surface area contributed by atoms with Gasteiger partial charge in [0.15, 0.2) is 17.4 Å². The summed E-state index contributed by atoms with van der Waals surface area (Å²) in [5.74, 6) is -1.68. The molecule has 0 atom stereocenters. The van der Waals surface area contributed by atoms with Gasteiger partial charge >= 0.3 is 0 Å². The van der Waals surface area contributed by atoms with Crippen LogP contribution in [0.5, 0.6) is 5.75 Å². The second kappa shape index (κ2) is 6.10. The maximum atomic E-state index is 13.0. The van der Waals surface area contributed by atoms with E-state index in [4.69, 9.17) is 4.74 Å². The number of ketones is 1. The molecule has 2 nitrogen and oxygen atoms in total. The molecule has 102 valence electrons. The van der Waals surface area contributed by atoms with Gasteiger partial charge in [-0.05, 0) is 42.0 Å². The fourth-order valence-electron chi connectivity index (χ4n) is 1.63. The summed E-state index contributed by atoms with van der Waals surface area (Å²) in [4.78, 5) is 11.8. The lowest BCUT2D eigenvalue weighted by Crippen LogP contribution is -1.96. The molecule has 0 N–H and O–H groups in total. The first kappa shape index (κ1) is 13.9. The molecule has 0 heterocycles. The van der Waals surface area contributed by atoms with E-state index in [1.807, 2.05) is 0 Å². The Labute approximate surface area is 115 Å². The van der Waals surface area contributed by atoms with E-state index in [-0.39, 0.29) is 11.3 Å². The minimum atomic E-state index is -1.03.